The van der Waals surface area contributed by atoms with Crippen LogP contribution in [-0.2, 0) is 9.59 Å². The predicted octanol–water partition coefficient (Wildman–Crippen LogP) is 1.82. The molecule has 4 heteroatoms. The fourth-order valence-corrected chi connectivity index (χ4v) is 1.86. The van der Waals surface area contributed by atoms with Gasteiger partial charge in [-0.15, -0.1) is 0 Å². The lowest BCUT2D eigenvalue weighted by atomic mass is 9.82. The molecule has 96 valence electrons. The Morgan fingerprint density at radius 3 is 2.24 bits per heavy atom. The Morgan fingerprint density at radius 2 is 1.76 bits per heavy atom. The van der Waals surface area contributed by atoms with Crippen LogP contribution in [0.15, 0.2) is 12.2 Å². The smallest absolute Gasteiger partial charge is 0.307 e. The van der Waals surface area contributed by atoms with Crippen molar-refractivity contribution in [3.63, 3.8) is 0 Å². The van der Waals surface area contributed by atoms with Crippen molar-refractivity contribution in [2.45, 2.75) is 33.6 Å². The summed E-state index contributed by atoms with van der Waals surface area (Å²) >= 11 is 0. The van der Waals surface area contributed by atoms with Crippen molar-refractivity contribution in [2.75, 3.05) is 6.54 Å². The van der Waals surface area contributed by atoms with Gasteiger partial charge in [0.15, 0.2) is 0 Å². The molecule has 0 spiro atoms. The summed E-state index contributed by atoms with van der Waals surface area (Å²) in [6.07, 6.45) is 4.70. The van der Waals surface area contributed by atoms with Gasteiger partial charge in [-0.3, -0.25) is 9.59 Å². The van der Waals surface area contributed by atoms with Crippen LogP contribution in [0.2, 0.25) is 0 Å². The molecule has 2 unspecified atom stereocenters. The van der Waals surface area contributed by atoms with Crippen molar-refractivity contribution < 1.29 is 14.7 Å². The number of allylic oxidation sites excluding steroid dienone is 2. The Hall–Kier alpha value is -1.32. The highest BCUT2D eigenvalue weighted by Crippen LogP contribution is 2.26. The molecule has 0 saturated heterocycles. The Labute approximate surface area is 102 Å². The molecule has 1 aliphatic carbocycles. The first-order valence-electron chi connectivity index (χ1n) is 5.97. The zero-order valence-corrected chi connectivity index (χ0v) is 10.7. The maximum atomic E-state index is 12.0. The van der Waals surface area contributed by atoms with Gasteiger partial charge in [-0.2, -0.15) is 0 Å². The Bertz CT molecular complexity index is 328. The number of carbonyl (C=O) groups excluding carboxylic acids is 1. The molecule has 1 amide bonds. The molecule has 2 atom stereocenters. The van der Waals surface area contributed by atoms with E-state index in [1.54, 1.807) is 0 Å². The van der Waals surface area contributed by atoms with Gasteiger partial charge in [0.2, 0.25) is 5.91 Å². The Balaban J connectivity index is 2.60. The van der Waals surface area contributed by atoms with E-state index in [1.807, 2.05) is 32.9 Å². The molecule has 0 heterocycles. The van der Waals surface area contributed by atoms with E-state index in [0.29, 0.717) is 19.4 Å². The number of hydrogen-bond acceptors (Lipinski definition) is 2. The van der Waals surface area contributed by atoms with E-state index in [0.717, 1.165) is 0 Å². The van der Waals surface area contributed by atoms with Crippen LogP contribution in [-0.4, -0.2) is 23.5 Å². The molecular formula is C13H21NO3. The third-order valence-corrected chi connectivity index (χ3v) is 2.88. The number of rotatable bonds is 3. The first-order valence-corrected chi connectivity index (χ1v) is 5.97. The maximum Gasteiger partial charge on any atom is 0.307 e. The lowest BCUT2D eigenvalue weighted by Crippen LogP contribution is -2.41. The number of amides is 1. The largest absolute Gasteiger partial charge is 0.481 e. The van der Waals surface area contributed by atoms with Crippen LogP contribution < -0.4 is 5.32 Å². The summed E-state index contributed by atoms with van der Waals surface area (Å²) in [5.74, 6) is -2.04. The molecule has 0 aromatic rings. The van der Waals surface area contributed by atoms with E-state index >= 15 is 0 Å². The average molecular weight is 239 g/mol. The SMILES string of the molecule is CC(C)(C)CNC(=O)C1CC=CCC1C(=O)O. The summed E-state index contributed by atoms with van der Waals surface area (Å²) in [4.78, 5) is 23.0. The number of hydrogen-bond donors (Lipinski definition) is 2. The molecule has 0 bridgehead atoms. The van der Waals surface area contributed by atoms with Crippen LogP contribution in [0.1, 0.15) is 33.6 Å². The second kappa shape index (κ2) is 5.34. The zero-order valence-electron chi connectivity index (χ0n) is 10.7. The minimum Gasteiger partial charge on any atom is -0.481 e. The van der Waals surface area contributed by atoms with Crippen LogP contribution >= 0.6 is 0 Å². The number of carboxylic acids is 1. The molecule has 0 aromatic carbocycles. The predicted molar refractivity (Wildman–Crippen MR) is 65.5 cm³/mol. The topological polar surface area (TPSA) is 66.4 Å². The molecule has 0 saturated carbocycles. The van der Waals surface area contributed by atoms with E-state index in [-0.39, 0.29) is 11.3 Å². The zero-order chi connectivity index (χ0) is 13.1. The van der Waals surface area contributed by atoms with Gasteiger partial charge in [-0.1, -0.05) is 32.9 Å². The summed E-state index contributed by atoms with van der Waals surface area (Å²) in [5, 5.41) is 11.9. The molecular weight excluding hydrogens is 218 g/mol. The lowest BCUT2D eigenvalue weighted by molar-refractivity contribution is -0.147. The molecule has 0 fully saturated rings. The van der Waals surface area contributed by atoms with Crippen molar-refractivity contribution >= 4 is 11.9 Å². The molecule has 0 aliphatic heterocycles. The van der Waals surface area contributed by atoms with Crippen LogP contribution in [0.3, 0.4) is 0 Å². The first kappa shape index (κ1) is 13.7. The molecule has 1 aliphatic rings. The third-order valence-electron chi connectivity index (χ3n) is 2.88. The second-order valence-electron chi connectivity index (χ2n) is 5.77. The summed E-state index contributed by atoms with van der Waals surface area (Å²) < 4.78 is 0. The minimum absolute atomic E-state index is 0.0128. The highest BCUT2D eigenvalue weighted by Gasteiger charge is 2.34. The van der Waals surface area contributed by atoms with E-state index in [1.165, 1.54) is 0 Å². The van der Waals surface area contributed by atoms with E-state index in [2.05, 4.69) is 5.32 Å². The second-order valence-corrected chi connectivity index (χ2v) is 5.77. The maximum absolute atomic E-state index is 12.0. The molecule has 4 nitrogen and oxygen atoms in total. The van der Waals surface area contributed by atoms with Gasteiger partial charge >= 0.3 is 5.97 Å². The lowest BCUT2D eigenvalue weighted by Gasteiger charge is -2.26. The van der Waals surface area contributed by atoms with Gasteiger partial charge < -0.3 is 10.4 Å². The number of carbonyl (C=O) groups is 2. The van der Waals surface area contributed by atoms with Crippen LogP contribution in [0.25, 0.3) is 0 Å². The van der Waals surface area contributed by atoms with Gasteiger partial charge in [-0.25, -0.2) is 0 Å². The summed E-state index contributed by atoms with van der Waals surface area (Å²) in [5.41, 5.74) is 0.0128. The van der Waals surface area contributed by atoms with Crippen molar-refractivity contribution in [3.8, 4) is 0 Å². The quantitative estimate of drug-likeness (QED) is 0.738. The molecule has 0 radical (unpaired) electrons. The highest BCUT2D eigenvalue weighted by molar-refractivity contribution is 5.85. The Morgan fingerprint density at radius 1 is 1.24 bits per heavy atom. The van der Waals surface area contributed by atoms with Gasteiger partial charge in [-0.05, 0) is 18.3 Å². The fraction of sp³-hybridized carbons (Fsp3) is 0.692. The van der Waals surface area contributed by atoms with E-state index in [9.17, 15) is 9.59 Å². The van der Waals surface area contributed by atoms with Gasteiger partial charge in [0.1, 0.15) is 0 Å². The fourth-order valence-electron chi connectivity index (χ4n) is 1.86. The van der Waals surface area contributed by atoms with Crippen molar-refractivity contribution in [1.82, 2.24) is 5.32 Å². The van der Waals surface area contributed by atoms with Crippen LogP contribution in [0, 0.1) is 17.3 Å². The number of carboxylic acid groups (broad SMARTS) is 1. The first-order chi connectivity index (χ1) is 7.81. The van der Waals surface area contributed by atoms with Crippen LogP contribution in [0.5, 0.6) is 0 Å². The normalized spacial score (nSPS) is 24.4. The number of aliphatic carboxylic acids is 1. The van der Waals surface area contributed by atoms with Crippen molar-refractivity contribution in [2.24, 2.45) is 17.3 Å². The molecule has 2 N–H and O–H groups in total. The summed E-state index contributed by atoms with van der Waals surface area (Å²) in [6.45, 7) is 6.66. The van der Waals surface area contributed by atoms with Crippen molar-refractivity contribution in [1.29, 1.82) is 0 Å². The number of nitrogens with one attached hydrogen (secondary N) is 1. The summed E-state index contributed by atoms with van der Waals surface area (Å²) in [7, 11) is 0. The monoisotopic (exact) mass is 239 g/mol. The van der Waals surface area contributed by atoms with Gasteiger partial charge in [0.05, 0.1) is 11.8 Å². The average Bonchev–Trinajstić information content (AvgIpc) is 2.25. The Kier molecular flexibility index (Phi) is 4.32. The third kappa shape index (κ3) is 4.21. The van der Waals surface area contributed by atoms with Gasteiger partial charge in [0.25, 0.3) is 0 Å². The van der Waals surface area contributed by atoms with Crippen molar-refractivity contribution in [3.05, 3.63) is 12.2 Å². The molecule has 0 aromatic heterocycles. The van der Waals surface area contributed by atoms with Gasteiger partial charge in [0, 0.05) is 6.54 Å². The standard InChI is InChI=1S/C13H21NO3/c1-13(2,3)8-14-11(15)9-6-4-5-7-10(9)12(16)17/h4-5,9-10H,6-8H2,1-3H3,(H,14,15)(H,16,17). The molecule has 17 heavy (non-hydrogen) atoms. The van der Waals surface area contributed by atoms with Crippen LogP contribution in [0.4, 0.5) is 0 Å². The van der Waals surface area contributed by atoms with E-state index < -0.39 is 17.8 Å². The highest BCUT2D eigenvalue weighted by atomic mass is 16.4. The minimum atomic E-state index is -0.884. The summed E-state index contributed by atoms with van der Waals surface area (Å²) in [6, 6.07) is 0. The molecule has 1 rings (SSSR count). The van der Waals surface area contributed by atoms with E-state index in [4.69, 9.17) is 5.11 Å².